The summed E-state index contributed by atoms with van der Waals surface area (Å²) in [4.78, 5) is 39.0. The van der Waals surface area contributed by atoms with Crippen LogP contribution < -0.4 is 10.6 Å². The van der Waals surface area contributed by atoms with Gasteiger partial charge in [-0.1, -0.05) is 78.9 Å². The number of carboxylic acid groups (broad SMARTS) is 1. The predicted molar refractivity (Wildman–Crippen MR) is 147 cm³/mol. The standard InChI is InChI=1S/C30H33N3O6/c1-38-29(35)32-27(26(22-11-4-2-5-12-22)23-13-6-3-7-14-23)28(34)31-25-15-9-8-10-21(25)16-17-24-20-33(30(36)37)18-19-39-24/h2-15,24,26-27H,16-20H2,1H3,(H,31,34)(H,32,35)(H,36,37)/t24?,27-/m0/s1. The van der Waals surface area contributed by atoms with Crippen molar-refractivity contribution in [3.63, 3.8) is 0 Å². The van der Waals surface area contributed by atoms with Gasteiger partial charge in [0.05, 0.1) is 26.4 Å². The Bertz CT molecular complexity index is 1210. The van der Waals surface area contributed by atoms with Gasteiger partial charge in [0.25, 0.3) is 0 Å². The first kappa shape index (κ1) is 27.7. The van der Waals surface area contributed by atoms with E-state index in [4.69, 9.17) is 9.47 Å². The van der Waals surface area contributed by atoms with Gasteiger partial charge in [0.15, 0.2) is 0 Å². The Hall–Kier alpha value is -4.37. The molecule has 1 unspecified atom stereocenters. The third-order valence-corrected chi connectivity index (χ3v) is 6.81. The van der Waals surface area contributed by atoms with Gasteiger partial charge in [-0.3, -0.25) is 4.79 Å². The van der Waals surface area contributed by atoms with Gasteiger partial charge in [0.1, 0.15) is 6.04 Å². The number of carbonyl (C=O) groups is 3. The van der Waals surface area contributed by atoms with Crippen LogP contribution in [0, 0.1) is 0 Å². The number of nitrogens with zero attached hydrogens (tertiary/aromatic N) is 1. The van der Waals surface area contributed by atoms with Crippen molar-refractivity contribution in [2.24, 2.45) is 0 Å². The molecule has 39 heavy (non-hydrogen) atoms. The zero-order valence-corrected chi connectivity index (χ0v) is 21.8. The molecule has 3 N–H and O–H groups in total. The van der Waals surface area contributed by atoms with Crippen LogP contribution >= 0.6 is 0 Å². The number of morpholine rings is 1. The highest BCUT2D eigenvalue weighted by Crippen LogP contribution is 2.30. The number of rotatable bonds is 9. The first-order valence-corrected chi connectivity index (χ1v) is 12.9. The molecule has 1 heterocycles. The maximum absolute atomic E-state index is 13.9. The molecule has 1 aliphatic rings. The van der Waals surface area contributed by atoms with E-state index in [1.54, 1.807) is 0 Å². The number of hydrogen-bond donors (Lipinski definition) is 3. The van der Waals surface area contributed by atoms with Gasteiger partial charge in [-0.2, -0.15) is 0 Å². The summed E-state index contributed by atoms with van der Waals surface area (Å²) < 4.78 is 10.6. The van der Waals surface area contributed by atoms with Gasteiger partial charge in [-0.05, 0) is 35.6 Å². The number of carbonyl (C=O) groups excluding carboxylic acids is 2. The first-order chi connectivity index (χ1) is 19.0. The van der Waals surface area contributed by atoms with E-state index in [0.717, 1.165) is 16.7 Å². The van der Waals surface area contributed by atoms with Crippen molar-refractivity contribution in [1.82, 2.24) is 10.2 Å². The Morgan fingerprint density at radius 1 is 0.974 bits per heavy atom. The second-order valence-corrected chi connectivity index (χ2v) is 9.32. The number of amides is 3. The molecule has 3 aromatic carbocycles. The number of ether oxygens (including phenoxy) is 2. The predicted octanol–water partition coefficient (Wildman–Crippen LogP) is 4.49. The number of hydrogen-bond acceptors (Lipinski definition) is 5. The third-order valence-electron chi connectivity index (χ3n) is 6.81. The van der Waals surface area contributed by atoms with Gasteiger partial charge >= 0.3 is 12.2 Å². The molecule has 0 saturated carbocycles. The molecular formula is C30H33N3O6. The van der Waals surface area contributed by atoms with Crippen molar-refractivity contribution in [3.05, 3.63) is 102 Å². The molecule has 3 amide bonds. The highest BCUT2D eigenvalue weighted by Gasteiger charge is 2.33. The lowest BCUT2D eigenvalue weighted by Gasteiger charge is -2.31. The van der Waals surface area contributed by atoms with Crippen LogP contribution in [0.4, 0.5) is 15.3 Å². The topological polar surface area (TPSA) is 117 Å². The second kappa shape index (κ2) is 13.4. The van der Waals surface area contributed by atoms with Crippen molar-refractivity contribution in [2.75, 3.05) is 32.1 Å². The lowest BCUT2D eigenvalue weighted by Crippen LogP contribution is -2.48. The van der Waals surface area contributed by atoms with Crippen LogP contribution in [0.3, 0.4) is 0 Å². The largest absolute Gasteiger partial charge is 0.465 e. The molecule has 1 saturated heterocycles. The first-order valence-electron chi connectivity index (χ1n) is 12.9. The van der Waals surface area contributed by atoms with E-state index in [9.17, 15) is 19.5 Å². The molecule has 0 aliphatic carbocycles. The number of aryl methyl sites for hydroxylation is 1. The van der Waals surface area contributed by atoms with Crippen molar-refractivity contribution in [1.29, 1.82) is 0 Å². The number of methoxy groups -OCH3 is 1. The van der Waals surface area contributed by atoms with E-state index in [1.165, 1.54) is 12.0 Å². The molecule has 2 atom stereocenters. The van der Waals surface area contributed by atoms with E-state index in [1.807, 2.05) is 84.9 Å². The van der Waals surface area contributed by atoms with Crippen LogP contribution in [-0.2, 0) is 20.7 Å². The summed E-state index contributed by atoms with van der Waals surface area (Å²) in [6.07, 6.45) is -0.723. The third kappa shape index (κ3) is 7.36. The van der Waals surface area contributed by atoms with E-state index in [0.29, 0.717) is 38.2 Å². The van der Waals surface area contributed by atoms with E-state index in [-0.39, 0.29) is 6.10 Å². The van der Waals surface area contributed by atoms with Gasteiger partial charge in [-0.15, -0.1) is 0 Å². The Morgan fingerprint density at radius 3 is 2.21 bits per heavy atom. The number of alkyl carbamates (subject to hydrolysis) is 1. The van der Waals surface area contributed by atoms with Gasteiger partial charge < -0.3 is 30.1 Å². The molecule has 0 bridgehead atoms. The molecule has 1 aliphatic heterocycles. The van der Waals surface area contributed by atoms with Gasteiger partial charge in [0.2, 0.25) is 5.91 Å². The number of para-hydroxylation sites is 1. The smallest absolute Gasteiger partial charge is 0.407 e. The fourth-order valence-corrected chi connectivity index (χ4v) is 4.84. The minimum Gasteiger partial charge on any atom is -0.465 e. The normalized spacial score (nSPS) is 15.8. The number of nitrogens with one attached hydrogen (secondary N) is 2. The fraction of sp³-hybridized carbons (Fsp3) is 0.300. The average Bonchev–Trinajstić information content (AvgIpc) is 2.97. The Morgan fingerprint density at radius 2 is 1.59 bits per heavy atom. The van der Waals surface area contributed by atoms with Gasteiger partial charge in [0, 0.05) is 18.2 Å². The monoisotopic (exact) mass is 531 g/mol. The summed E-state index contributed by atoms with van der Waals surface area (Å²) >= 11 is 0. The fourth-order valence-electron chi connectivity index (χ4n) is 4.84. The number of anilines is 1. The van der Waals surface area contributed by atoms with Gasteiger partial charge in [-0.25, -0.2) is 9.59 Å². The van der Waals surface area contributed by atoms with E-state index < -0.39 is 30.1 Å². The van der Waals surface area contributed by atoms with Crippen LogP contribution in [0.25, 0.3) is 0 Å². The zero-order valence-electron chi connectivity index (χ0n) is 21.8. The molecule has 204 valence electrons. The maximum atomic E-state index is 13.9. The molecule has 3 aromatic rings. The molecule has 9 nitrogen and oxygen atoms in total. The summed E-state index contributed by atoms with van der Waals surface area (Å²) in [6.45, 7) is 1.03. The Labute approximate surface area is 227 Å². The average molecular weight is 532 g/mol. The van der Waals surface area contributed by atoms with Crippen LogP contribution in [-0.4, -0.2) is 67.1 Å². The maximum Gasteiger partial charge on any atom is 0.407 e. The molecule has 9 heteroatoms. The summed E-state index contributed by atoms with van der Waals surface area (Å²) in [5.74, 6) is -0.868. The number of benzene rings is 3. The van der Waals surface area contributed by atoms with Crippen molar-refractivity contribution in [2.45, 2.75) is 30.9 Å². The van der Waals surface area contributed by atoms with Crippen molar-refractivity contribution in [3.8, 4) is 0 Å². The lowest BCUT2D eigenvalue weighted by atomic mass is 9.84. The van der Waals surface area contributed by atoms with Crippen molar-refractivity contribution >= 4 is 23.8 Å². The highest BCUT2D eigenvalue weighted by atomic mass is 16.5. The minimum atomic E-state index is -0.971. The Kier molecular flexibility index (Phi) is 9.53. The van der Waals surface area contributed by atoms with Crippen LogP contribution in [0.15, 0.2) is 84.9 Å². The summed E-state index contributed by atoms with van der Waals surface area (Å²) in [5, 5.41) is 15.1. The Balaban J connectivity index is 1.57. The quantitative estimate of drug-likeness (QED) is 0.375. The summed E-state index contributed by atoms with van der Waals surface area (Å²) in [7, 11) is 1.26. The highest BCUT2D eigenvalue weighted by molar-refractivity contribution is 5.98. The SMILES string of the molecule is COC(=O)N[C@H](C(=O)Nc1ccccc1CCC1CN(C(=O)O)CCO1)C(c1ccccc1)c1ccccc1. The minimum absolute atomic E-state index is 0.229. The van der Waals surface area contributed by atoms with Crippen molar-refractivity contribution < 1.29 is 29.0 Å². The van der Waals surface area contributed by atoms with Crippen LogP contribution in [0.5, 0.6) is 0 Å². The van der Waals surface area contributed by atoms with Crippen LogP contribution in [0.1, 0.15) is 29.0 Å². The molecule has 1 fully saturated rings. The van der Waals surface area contributed by atoms with E-state index >= 15 is 0 Å². The lowest BCUT2D eigenvalue weighted by molar-refractivity contribution is -0.118. The summed E-state index contributed by atoms with van der Waals surface area (Å²) in [5.41, 5.74) is 3.23. The summed E-state index contributed by atoms with van der Waals surface area (Å²) in [6, 6.07) is 25.6. The molecule has 0 radical (unpaired) electrons. The zero-order chi connectivity index (χ0) is 27.6. The molecule has 0 aromatic heterocycles. The second-order valence-electron chi connectivity index (χ2n) is 9.32. The van der Waals surface area contributed by atoms with E-state index in [2.05, 4.69) is 10.6 Å². The molecule has 4 rings (SSSR count). The molecule has 0 spiro atoms. The van der Waals surface area contributed by atoms with Crippen LogP contribution in [0.2, 0.25) is 0 Å². The molecular weight excluding hydrogens is 498 g/mol.